The maximum Gasteiger partial charge on any atom is 0.0730 e. The van der Waals surface area contributed by atoms with Gasteiger partial charge in [0.25, 0.3) is 0 Å². The van der Waals surface area contributed by atoms with Gasteiger partial charge in [-0.05, 0) is 40.3 Å². The van der Waals surface area contributed by atoms with Crippen molar-refractivity contribution in [3.05, 3.63) is 96.7 Å². The number of hydrogen-bond donors (Lipinski definition) is 0. The normalized spacial score (nSPS) is 17.0. The Hall–Kier alpha value is -2.54. The predicted octanol–water partition coefficient (Wildman–Crippen LogP) is 5.99. The van der Waals surface area contributed by atoms with Crippen molar-refractivity contribution in [1.82, 2.24) is 4.90 Å². The summed E-state index contributed by atoms with van der Waals surface area (Å²) in [6.07, 6.45) is 8.79. The van der Waals surface area contributed by atoms with Crippen molar-refractivity contribution in [2.75, 3.05) is 6.54 Å². The molecule has 0 fully saturated rings. The molecule has 1 aliphatic rings. The fraction of sp³-hybridized carbons (Fsp3) is 0.217. The van der Waals surface area contributed by atoms with Crippen LogP contribution in [0.5, 0.6) is 0 Å². The average Bonchev–Trinajstić information content (AvgIpc) is 2.63. The lowest BCUT2D eigenvalue weighted by molar-refractivity contribution is 0.350. The summed E-state index contributed by atoms with van der Waals surface area (Å²) < 4.78 is 0. The largest absolute Gasteiger partial charge is 0.363 e. The summed E-state index contributed by atoms with van der Waals surface area (Å²) in [5.74, 6) is 0.534. The van der Waals surface area contributed by atoms with Crippen LogP contribution in [-0.4, -0.2) is 11.4 Å². The van der Waals surface area contributed by atoms with E-state index in [0.717, 1.165) is 6.54 Å². The zero-order valence-electron chi connectivity index (χ0n) is 14.5. The summed E-state index contributed by atoms with van der Waals surface area (Å²) in [5, 5.41) is 0. The SMILES string of the molecule is C=CCN1C=CC(C(C)C)=CC1c1cccc(-c2ccccc2)c1. The lowest BCUT2D eigenvalue weighted by atomic mass is 9.92. The van der Waals surface area contributed by atoms with Crippen LogP contribution < -0.4 is 0 Å². The van der Waals surface area contributed by atoms with Crippen molar-refractivity contribution in [3.8, 4) is 11.1 Å². The van der Waals surface area contributed by atoms with Crippen molar-refractivity contribution in [2.45, 2.75) is 19.9 Å². The minimum Gasteiger partial charge on any atom is -0.363 e. The summed E-state index contributed by atoms with van der Waals surface area (Å²) in [4.78, 5) is 2.34. The van der Waals surface area contributed by atoms with Gasteiger partial charge in [0.2, 0.25) is 0 Å². The molecule has 0 N–H and O–H groups in total. The summed E-state index contributed by atoms with van der Waals surface area (Å²) >= 11 is 0. The van der Waals surface area contributed by atoms with Gasteiger partial charge in [0.1, 0.15) is 0 Å². The van der Waals surface area contributed by atoms with Gasteiger partial charge < -0.3 is 4.90 Å². The van der Waals surface area contributed by atoms with E-state index in [-0.39, 0.29) is 6.04 Å². The molecule has 0 saturated carbocycles. The molecule has 0 amide bonds. The molecule has 1 heterocycles. The molecule has 0 bridgehead atoms. The van der Waals surface area contributed by atoms with Crippen LogP contribution >= 0.6 is 0 Å². The van der Waals surface area contributed by atoms with Crippen LogP contribution in [-0.2, 0) is 0 Å². The predicted molar refractivity (Wildman–Crippen MR) is 104 cm³/mol. The van der Waals surface area contributed by atoms with E-state index >= 15 is 0 Å². The second-order valence-corrected chi connectivity index (χ2v) is 6.56. The molecule has 122 valence electrons. The number of nitrogens with zero attached hydrogens (tertiary/aromatic N) is 1. The molecule has 3 rings (SSSR count). The summed E-state index contributed by atoms with van der Waals surface area (Å²) in [5.41, 5.74) is 5.24. The summed E-state index contributed by atoms with van der Waals surface area (Å²) in [6, 6.07) is 19.7. The summed E-state index contributed by atoms with van der Waals surface area (Å²) in [6.45, 7) is 9.25. The fourth-order valence-electron chi connectivity index (χ4n) is 3.14. The van der Waals surface area contributed by atoms with E-state index < -0.39 is 0 Å². The molecule has 1 atom stereocenters. The molecule has 0 aromatic heterocycles. The van der Waals surface area contributed by atoms with E-state index in [1.165, 1.54) is 22.3 Å². The van der Waals surface area contributed by atoms with Crippen LogP contribution in [0.1, 0.15) is 25.5 Å². The third kappa shape index (κ3) is 3.51. The molecule has 1 nitrogen and oxygen atoms in total. The zero-order valence-corrected chi connectivity index (χ0v) is 14.5. The molecule has 0 radical (unpaired) electrons. The molecule has 0 aliphatic carbocycles. The first-order chi connectivity index (χ1) is 11.7. The van der Waals surface area contributed by atoms with Gasteiger partial charge in [-0.1, -0.05) is 74.5 Å². The van der Waals surface area contributed by atoms with Crippen molar-refractivity contribution < 1.29 is 0 Å². The van der Waals surface area contributed by atoms with E-state index in [2.05, 4.69) is 98.3 Å². The Labute approximate surface area is 145 Å². The van der Waals surface area contributed by atoms with Gasteiger partial charge in [-0.25, -0.2) is 0 Å². The lowest BCUT2D eigenvalue weighted by Crippen LogP contribution is -2.25. The van der Waals surface area contributed by atoms with Gasteiger partial charge in [0, 0.05) is 12.7 Å². The molecule has 2 aromatic rings. The topological polar surface area (TPSA) is 3.24 Å². The van der Waals surface area contributed by atoms with E-state index in [9.17, 15) is 0 Å². The minimum atomic E-state index is 0.258. The van der Waals surface area contributed by atoms with E-state index in [1.54, 1.807) is 0 Å². The van der Waals surface area contributed by atoms with Crippen molar-refractivity contribution in [2.24, 2.45) is 5.92 Å². The maximum absolute atomic E-state index is 3.91. The van der Waals surface area contributed by atoms with Crippen LogP contribution in [0, 0.1) is 5.92 Å². The van der Waals surface area contributed by atoms with Gasteiger partial charge in [-0.2, -0.15) is 0 Å². The molecular formula is C23H25N. The average molecular weight is 315 g/mol. The highest BCUT2D eigenvalue weighted by atomic mass is 15.1. The van der Waals surface area contributed by atoms with Gasteiger partial charge in [0.15, 0.2) is 0 Å². The molecular weight excluding hydrogens is 290 g/mol. The molecule has 1 unspecified atom stereocenters. The van der Waals surface area contributed by atoms with Crippen LogP contribution in [0.4, 0.5) is 0 Å². The molecule has 24 heavy (non-hydrogen) atoms. The van der Waals surface area contributed by atoms with Crippen molar-refractivity contribution in [1.29, 1.82) is 0 Å². The van der Waals surface area contributed by atoms with Gasteiger partial charge >= 0.3 is 0 Å². The second kappa shape index (κ2) is 7.35. The first-order valence-electron chi connectivity index (χ1n) is 8.61. The van der Waals surface area contributed by atoms with Crippen LogP contribution in [0.15, 0.2) is 91.2 Å². The fourth-order valence-corrected chi connectivity index (χ4v) is 3.14. The highest BCUT2D eigenvalue weighted by Crippen LogP contribution is 2.32. The number of rotatable bonds is 5. The Morgan fingerprint density at radius 2 is 1.79 bits per heavy atom. The van der Waals surface area contributed by atoms with Gasteiger partial charge in [-0.15, -0.1) is 6.58 Å². The van der Waals surface area contributed by atoms with E-state index in [1.807, 2.05) is 6.08 Å². The Morgan fingerprint density at radius 3 is 2.50 bits per heavy atom. The van der Waals surface area contributed by atoms with Gasteiger partial charge in [0.05, 0.1) is 6.04 Å². The standard InChI is InChI=1S/C23H25N/c1-4-14-24-15-13-20(18(2)3)17-23(24)22-12-8-11-21(16-22)19-9-6-5-7-10-19/h4-13,15-18,23H,1,14H2,2-3H3. The number of benzene rings is 2. The Balaban J connectivity index is 1.99. The third-order valence-corrected chi connectivity index (χ3v) is 4.51. The van der Waals surface area contributed by atoms with Crippen molar-refractivity contribution >= 4 is 0 Å². The molecule has 1 heteroatoms. The molecule has 2 aromatic carbocycles. The van der Waals surface area contributed by atoms with E-state index in [4.69, 9.17) is 0 Å². The van der Waals surface area contributed by atoms with E-state index in [0.29, 0.717) is 5.92 Å². The highest BCUT2D eigenvalue weighted by molar-refractivity contribution is 5.64. The smallest absolute Gasteiger partial charge is 0.0730 e. The lowest BCUT2D eigenvalue weighted by Gasteiger charge is -2.32. The molecule has 1 aliphatic heterocycles. The highest BCUT2D eigenvalue weighted by Gasteiger charge is 2.19. The first kappa shape index (κ1) is 16.3. The number of hydrogen-bond acceptors (Lipinski definition) is 1. The maximum atomic E-state index is 3.91. The van der Waals surface area contributed by atoms with Crippen LogP contribution in [0.25, 0.3) is 11.1 Å². The zero-order chi connectivity index (χ0) is 16.9. The first-order valence-corrected chi connectivity index (χ1v) is 8.61. The van der Waals surface area contributed by atoms with Crippen LogP contribution in [0.2, 0.25) is 0 Å². The number of allylic oxidation sites excluding steroid dienone is 2. The Bertz CT molecular complexity index is 753. The quantitative estimate of drug-likeness (QED) is 0.612. The summed E-state index contributed by atoms with van der Waals surface area (Å²) in [7, 11) is 0. The third-order valence-electron chi connectivity index (χ3n) is 4.51. The van der Waals surface area contributed by atoms with Crippen LogP contribution in [0.3, 0.4) is 0 Å². The second-order valence-electron chi connectivity index (χ2n) is 6.56. The monoisotopic (exact) mass is 315 g/mol. The molecule has 0 saturated heterocycles. The Kier molecular flexibility index (Phi) is 5.00. The Morgan fingerprint density at radius 1 is 1.04 bits per heavy atom. The van der Waals surface area contributed by atoms with Crippen molar-refractivity contribution in [3.63, 3.8) is 0 Å². The minimum absolute atomic E-state index is 0.258. The van der Waals surface area contributed by atoms with Gasteiger partial charge in [-0.3, -0.25) is 0 Å². The molecule has 0 spiro atoms.